The van der Waals surface area contributed by atoms with Crippen LogP contribution in [0.15, 0.2) is 42.7 Å². The molecule has 0 unspecified atom stereocenters. The van der Waals surface area contributed by atoms with E-state index in [0.717, 1.165) is 5.56 Å². The number of amides is 1. The number of aliphatic carboxylic acids is 1. The minimum Gasteiger partial charge on any atom is -0.479 e. The number of benzene rings is 1. The van der Waals surface area contributed by atoms with Gasteiger partial charge >= 0.3 is 5.97 Å². The molecule has 2 N–H and O–H groups in total. The number of hydrogen-bond donors (Lipinski definition) is 2. The van der Waals surface area contributed by atoms with E-state index in [1.54, 1.807) is 0 Å². The van der Waals surface area contributed by atoms with E-state index in [1.165, 1.54) is 30.9 Å². The molecule has 0 atom stereocenters. The second-order valence-corrected chi connectivity index (χ2v) is 6.23. The predicted molar refractivity (Wildman–Crippen MR) is 93.1 cm³/mol. The normalized spacial score (nSPS) is 11.3. The average molecular weight is 345 g/mol. The fourth-order valence-electron chi connectivity index (χ4n) is 2.11. The smallest absolute Gasteiger partial charge is 0.331 e. The van der Waals surface area contributed by atoms with E-state index in [4.69, 9.17) is 4.74 Å². The summed E-state index contributed by atoms with van der Waals surface area (Å²) < 4.78 is 6.85. The lowest BCUT2D eigenvalue weighted by atomic mass is 10.1. The summed E-state index contributed by atoms with van der Waals surface area (Å²) in [6, 6.07) is 9.84. The fraction of sp³-hybridized carbons (Fsp3) is 0.389. The SMILES string of the molecule is CC(C)(C(=O)O)n1cc(NC(=O)CCCOCc2ccccc2)cn1. The van der Waals surface area contributed by atoms with E-state index in [0.29, 0.717) is 31.7 Å². The van der Waals surface area contributed by atoms with Crippen molar-refractivity contribution in [1.29, 1.82) is 0 Å². The summed E-state index contributed by atoms with van der Waals surface area (Å²) in [4.78, 5) is 23.1. The fourth-order valence-corrected chi connectivity index (χ4v) is 2.11. The Hall–Kier alpha value is -2.67. The zero-order chi connectivity index (χ0) is 18.3. The van der Waals surface area contributed by atoms with Crippen molar-refractivity contribution in [2.45, 2.75) is 38.8 Å². The van der Waals surface area contributed by atoms with Crippen LogP contribution in [-0.2, 0) is 26.5 Å². The second-order valence-electron chi connectivity index (χ2n) is 6.23. The molecule has 1 heterocycles. The lowest BCUT2D eigenvalue weighted by molar-refractivity contribution is -0.146. The van der Waals surface area contributed by atoms with Crippen LogP contribution >= 0.6 is 0 Å². The molecule has 1 aromatic carbocycles. The third-order valence-electron chi connectivity index (χ3n) is 3.77. The number of carboxylic acid groups (broad SMARTS) is 1. The van der Waals surface area contributed by atoms with Crippen LogP contribution in [0, 0.1) is 0 Å². The zero-order valence-corrected chi connectivity index (χ0v) is 14.4. The molecule has 0 aliphatic heterocycles. The predicted octanol–water partition coefficient (Wildman–Crippen LogP) is 2.64. The van der Waals surface area contributed by atoms with Gasteiger partial charge in [0.05, 0.1) is 18.5 Å². The summed E-state index contributed by atoms with van der Waals surface area (Å²) in [6.45, 7) is 4.10. The Morgan fingerprint density at radius 2 is 2.00 bits per heavy atom. The third-order valence-corrected chi connectivity index (χ3v) is 3.77. The molecule has 2 aromatic rings. The van der Waals surface area contributed by atoms with Gasteiger partial charge in [-0.3, -0.25) is 9.48 Å². The van der Waals surface area contributed by atoms with Crippen LogP contribution in [0.3, 0.4) is 0 Å². The largest absolute Gasteiger partial charge is 0.479 e. The summed E-state index contributed by atoms with van der Waals surface area (Å²) in [7, 11) is 0. The van der Waals surface area contributed by atoms with Crippen molar-refractivity contribution in [2.75, 3.05) is 11.9 Å². The number of carboxylic acids is 1. The van der Waals surface area contributed by atoms with Crippen molar-refractivity contribution in [3.05, 3.63) is 48.3 Å². The van der Waals surface area contributed by atoms with E-state index in [-0.39, 0.29) is 5.91 Å². The van der Waals surface area contributed by atoms with Crippen LogP contribution in [0.5, 0.6) is 0 Å². The van der Waals surface area contributed by atoms with Crippen molar-refractivity contribution < 1.29 is 19.4 Å². The number of hydrogen-bond acceptors (Lipinski definition) is 4. The Balaban J connectivity index is 1.70. The molecule has 2 rings (SSSR count). The molecule has 0 fully saturated rings. The number of aromatic nitrogens is 2. The van der Waals surface area contributed by atoms with Gasteiger partial charge in [-0.25, -0.2) is 4.79 Å². The van der Waals surface area contributed by atoms with E-state index >= 15 is 0 Å². The summed E-state index contributed by atoms with van der Waals surface area (Å²) in [5.41, 5.74) is 0.402. The molecule has 134 valence electrons. The minimum absolute atomic E-state index is 0.156. The first-order chi connectivity index (χ1) is 11.9. The minimum atomic E-state index is -1.17. The topological polar surface area (TPSA) is 93.5 Å². The molecule has 0 aliphatic rings. The van der Waals surface area contributed by atoms with E-state index in [1.807, 2.05) is 30.3 Å². The zero-order valence-electron chi connectivity index (χ0n) is 14.4. The number of rotatable bonds is 9. The van der Waals surface area contributed by atoms with Gasteiger partial charge in [0.2, 0.25) is 5.91 Å². The van der Waals surface area contributed by atoms with E-state index < -0.39 is 11.5 Å². The highest BCUT2D eigenvalue weighted by molar-refractivity contribution is 5.90. The molecular formula is C18H23N3O4. The summed E-state index contributed by atoms with van der Waals surface area (Å²) in [6.07, 6.45) is 3.88. The monoisotopic (exact) mass is 345 g/mol. The highest BCUT2D eigenvalue weighted by Crippen LogP contribution is 2.17. The second kappa shape index (κ2) is 8.43. The number of carbonyl (C=O) groups is 2. The van der Waals surface area contributed by atoms with Gasteiger partial charge < -0.3 is 15.2 Å². The van der Waals surface area contributed by atoms with Gasteiger partial charge in [0.1, 0.15) is 0 Å². The summed E-state index contributed by atoms with van der Waals surface area (Å²) in [5.74, 6) is -1.15. The Morgan fingerprint density at radius 1 is 1.28 bits per heavy atom. The molecule has 1 aromatic heterocycles. The number of ether oxygens (including phenoxy) is 1. The maximum absolute atomic E-state index is 11.9. The van der Waals surface area contributed by atoms with Crippen LogP contribution in [0.4, 0.5) is 5.69 Å². The van der Waals surface area contributed by atoms with E-state index in [9.17, 15) is 14.7 Å². The van der Waals surface area contributed by atoms with Gasteiger partial charge in [0.25, 0.3) is 0 Å². The molecule has 1 amide bonds. The van der Waals surface area contributed by atoms with Crippen LogP contribution in [0.1, 0.15) is 32.3 Å². The van der Waals surface area contributed by atoms with Gasteiger partial charge in [-0.05, 0) is 25.8 Å². The van der Waals surface area contributed by atoms with E-state index in [2.05, 4.69) is 10.4 Å². The third kappa shape index (κ3) is 5.42. The molecule has 0 bridgehead atoms. The summed E-state index contributed by atoms with van der Waals surface area (Å²) >= 11 is 0. The highest BCUT2D eigenvalue weighted by Gasteiger charge is 2.30. The molecule has 0 spiro atoms. The maximum atomic E-state index is 11.9. The van der Waals surface area contributed by atoms with Crippen LogP contribution < -0.4 is 5.32 Å². The molecule has 25 heavy (non-hydrogen) atoms. The number of carbonyl (C=O) groups excluding carboxylic acids is 1. The molecular weight excluding hydrogens is 322 g/mol. The number of nitrogens with zero attached hydrogens (tertiary/aromatic N) is 2. The number of nitrogens with one attached hydrogen (secondary N) is 1. The maximum Gasteiger partial charge on any atom is 0.331 e. The number of anilines is 1. The standard InChI is InChI=1S/C18H23N3O4/c1-18(2,17(23)24)21-12-15(11-19-21)20-16(22)9-6-10-25-13-14-7-4-3-5-8-14/h3-5,7-8,11-12H,6,9-10,13H2,1-2H3,(H,20,22)(H,23,24). The van der Waals surface area contributed by atoms with Crippen LogP contribution in [0.2, 0.25) is 0 Å². The van der Waals surface area contributed by atoms with Crippen molar-refractivity contribution in [3.8, 4) is 0 Å². The molecule has 7 heteroatoms. The van der Waals surface area contributed by atoms with Gasteiger partial charge in [-0.15, -0.1) is 0 Å². The van der Waals surface area contributed by atoms with Gasteiger partial charge in [-0.1, -0.05) is 30.3 Å². The first-order valence-electron chi connectivity index (χ1n) is 8.09. The average Bonchev–Trinajstić information content (AvgIpc) is 3.04. The molecule has 7 nitrogen and oxygen atoms in total. The molecule has 0 saturated carbocycles. The highest BCUT2D eigenvalue weighted by atomic mass is 16.5. The first kappa shape index (κ1) is 18.7. The Morgan fingerprint density at radius 3 is 2.68 bits per heavy atom. The quantitative estimate of drug-likeness (QED) is 0.682. The van der Waals surface area contributed by atoms with Crippen molar-refractivity contribution >= 4 is 17.6 Å². The lowest BCUT2D eigenvalue weighted by Gasteiger charge is -2.19. The van der Waals surface area contributed by atoms with Crippen molar-refractivity contribution in [1.82, 2.24) is 9.78 Å². The van der Waals surface area contributed by atoms with Crippen molar-refractivity contribution in [2.24, 2.45) is 0 Å². The van der Waals surface area contributed by atoms with Crippen molar-refractivity contribution in [3.63, 3.8) is 0 Å². The molecule has 0 radical (unpaired) electrons. The van der Waals surface area contributed by atoms with Crippen LogP contribution in [0.25, 0.3) is 0 Å². The van der Waals surface area contributed by atoms with Gasteiger partial charge in [-0.2, -0.15) is 5.10 Å². The summed E-state index contributed by atoms with van der Waals surface area (Å²) in [5, 5.41) is 15.9. The Kier molecular flexibility index (Phi) is 6.30. The van der Waals surface area contributed by atoms with Gasteiger partial charge in [0, 0.05) is 19.2 Å². The Bertz CT molecular complexity index is 710. The lowest BCUT2D eigenvalue weighted by Crippen LogP contribution is -2.35. The first-order valence-corrected chi connectivity index (χ1v) is 8.09. The van der Waals surface area contributed by atoms with Gasteiger partial charge in [0.15, 0.2) is 5.54 Å². The molecule has 0 saturated heterocycles. The Labute approximate surface area is 146 Å². The molecule has 0 aliphatic carbocycles. The van der Waals surface area contributed by atoms with Crippen LogP contribution in [-0.4, -0.2) is 33.4 Å².